The van der Waals surface area contributed by atoms with Crippen molar-refractivity contribution in [2.45, 2.75) is 25.3 Å². The van der Waals surface area contributed by atoms with Gasteiger partial charge in [-0.1, -0.05) is 23.1 Å². The van der Waals surface area contributed by atoms with E-state index in [9.17, 15) is 13.2 Å². The SMILES string of the molecule is CS(=O)(=O)N1CCCCC1C(=O)Nc1nnc(-c2ccc(Cl)cc2)o1. The van der Waals surface area contributed by atoms with Crippen LogP contribution in [0.1, 0.15) is 19.3 Å². The lowest BCUT2D eigenvalue weighted by Crippen LogP contribution is -2.49. The predicted molar refractivity (Wildman–Crippen MR) is 92.6 cm³/mol. The number of hydrogen-bond acceptors (Lipinski definition) is 6. The summed E-state index contributed by atoms with van der Waals surface area (Å²) in [6.45, 7) is 0.330. The zero-order valence-corrected chi connectivity index (χ0v) is 15.0. The number of carbonyl (C=O) groups is 1. The molecule has 10 heteroatoms. The highest BCUT2D eigenvalue weighted by Crippen LogP contribution is 2.24. The molecule has 1 atom stereocenters. The largest absolute Gasteiger partial charge is 0.403 e. The molecule has 1 fully saturated rings. The van der Waals surface area contributed by atoms with Crippen LogP contribution in [0.3, 0.4) is 0 Å². The zero-order valence-electron chi connectivity index (χ0n) is 13.5. The van der Waals surface area contributed by atoms with Gasteiger partial charge in [-0.05, 0) is 37.1 Å². The van der Waals surface area contributed by atoms with E-state index in [0.717, 1.165) is 19.1 Å². The highest BCUT2D eigenvalue weighted by molar-refractivity contribution is 7.88. The van der Waals surface area contributed by atoms with E-state index < -0.39 is 22.0 Å². The Labute approximate surface area is 150 Å². The van der Waals surface area contributed by atoms with Crippen molar-refractivity contribution in [3.63, 3.8) is 0 Å². The van der Waals surface area contributed by atoms with Crippen LogP contribution in [-0.4, -0.2) is 47.7 Å². The topological polar surface area (TPSA) is 105 Å². The molecule has 3 rings (SSSR count). The molecule has 0 spiro atoms. The number of nitrogens with zero attached hydrogens (tertiary/aromatic N) is 3. The van der Waals surface area contributed by atoms with Crippen LogP contribution in [0.15, 0.2) is 28.7 Å². The zero-order chi connectivity index (χ0) is 18.0. The summed E-state index contributed by atoms with van der Waals surface area (Å²) in [5.74, 6) is -0.244. The lowest BCUT2D eigenvalue weighted by atomic mass is 10.0. The molecule has 2 heterocycles. The molecule has 1 aromatic carbocycles. The van der Waals surface area contributed by atoms with E-state index in [4.69, 9.17) is 16.0 Å². The van der Waals surface area contributed by atoms with Crippen molar-refractivity contribution in [2.24, 2.45) is 0 Å². The van der Waals surface area contributed by atoms with Crippen LogP contribution in [0.5, 0.6) is 0 Å². The summed E-state index contributed by atoms with van der Waals surface area (Å²) in [4.78, 5) is 12.5. The van der Waals surface area contributed by atoms with Crippen LogP contribution in [0.25, 0.3) is 11.5 Å². The van der Waals surface area contributed by atoms with E-state index in [2.05, 4.69) is 15.5 Å². The van der Waals surface area contributed by atoms with Crippen molar-refractivity contribution in [1.29, 1.82) is 0 Å². The average molecular weight is 385 g/mol. The molecule has 0 bridgehead atoms. The summed E-state index contributed by atoms with van der Waals surface area (Å²) < 4.78 is 30.3. The van der Waals surface area contributed by atoms with E-state index in [1.54, 1.807) is 24.3 Å². The van der Waals surface area contributed by atoms with E-state index in [0.29, 0.717) is 23.6 Å². The molecule has 1 unspecified atom stereocenters. The molecule has 2 aromatic rings. The second-order valence-corrected chi connectivity index (χ2v) is 8.17. The van der Waals surface area contributed by atoms with Crippen LogP contribution >= 0.6 is 11.6 Å². The number of aromatic nitrogens is 2. The van der Waals surface area contributed by atoms with Gasteiger partial charge in [-0.2, -0.15) is 4.31 Å². The van der Waals surface area contributed by atoms with Gasteiger partial charge >= 0.3 is 6.01 Å². The van der Waals surface area contributed by atoms with Crippen molar-refractivity contribution in [1.82, 2.24) is 14.5 Å². The van der Waals surface area contributed by atoms with Crippen LogP contribution in [-0.2, 0) is 14.8 Å². The number of anilines is 1. The molecule has 25 heavy (non-hydrogen) atoms. The maximum atomic E-state index is 12.5. The highest BCUT2D eigenvalue weighted by Gasteiger charge is 2.35. The van der Waals surface area contributed by atoms with Crippen LogP contribution in [0.4, 0.5) is 6.01 Å². The summed E-state index contributed by atoms with van der Waals surface area (Å²) in [5.41, 5.74) is 0.660. The minimum atomic E-state index is -3.46. The highest BCUT2D eigenvalue weighted by atomic mass is 35.5. The maximum Gasteiger partial charge on any atom is 0.322 e. The summed E-state index contributed by atoms with van der Waals surface area (Å²) in [5, 5.41) is 10.7. The van der Waals surface area contributed by atoms with E-state index >= 15 is 0 Å². The van der Waals surface area contributed by atoms with Crippen molar-refractivity contribution >= 4 is 33.5 Å². The molecule has 0 radical (unpaired) electrons. The standard InChI is InChI=1S/C15H17ClN4O4S/c1-25(22,23)20-9-3-2-4-12(20)13(21)17-15-19-18-14(24-15)10-5-7-11(16)8-6-10/h5-8,12H,2-4,9H2,1H3,(H,17,19,21). The van der Waals surface area contributed by atoms with Crippen molar-refractivity contribution in [2.75, 3.05) is 18.1 Å². The predicted octanol–water partition coefficient (Wildman–Crippen LogP) is 2.14. The molecule has 1 amide bonds. The number of nitrogens with one attached hydrogen (secondary N) is 1. The monoisotopic (exact) mass is 384 g/mol. The first-order valence-electron chi connectivity index (χ1n) is 7.72. The van der Waals surface area contributed by atoms with Gasteiger partial charge in [-0.3, -0.25) is 10.1 Å². The van der Waals surface area contributed by atoms with Crippen LogP contribution in [0.2, 0.25) is 5.02 Å². The third-order valence-corrected chi connectivity index (χ3v) is 5.47. The Morgan fingerprint density at radius 3 is 2.68 bits per heavy atom. The van der Waals surface area contributed by atoms with Gasteiger partial charge in [0.25, 0.3) is 0 Å². The van der Waals surface area contributed by atoms with E-state index in [-0.39, 0.29) is 11.9 Å². The van der Waals surface area contributed by atoms with Gasteiger partial charge in [0, 0.05) is 17.1 Å². The first-order valence-corrected chi connectivity index (χ1v) is 9.94. The first-order chi connectivity index (χ1) is 11.8. The first kappa shape index (κ1) is 17.8. The number of sulfonamides is 1. The van der Waals surface area contributed by atoms with Gasteiger partial charge in [0.1, 0.15) is 6.04 Å². The Morgan fingerprint density at radius 1 is 1.28 bits per heavy atom. The van der Waals surface area contributed by atoms with Gasteiger partial charge in [0.05, 0.1) is 6.26 Å². The van der Waals surface area contributed by atoms with Gasteiger partial charge in [0.2, 0.25) is 21.8 Å². The number of halogens is 1. The fourth-order valence-electron chi connectivity index (χ4n) is 2.74. The lowest BCUT2D eigenvalue weighted by Gasteiger charge is -2.32. The number of hydrogen-bond donors (Lipinski definition) is 1. The molecule has 1 N–H and O–H groups in total. The molecule has 8 nitrogen and oxygen atoms in total. The molecule has 0 aliphatic carbocycles. The number of benzene rings is 1. The third-order valence-electron chi connectivity index (χ3n) is 3.93. The third kappa shape index (κ3) is 4.17. The van der Waals surface area contributed by atoms with Gasteiger partial charge < -0.3 is 4.42 Å². The Bertz CT molecular complexity index is 866. The number of carbonyl (C=O) groups excluding carboxylic acids is 1. The van der Waals surface area contributed by atoms with Crippen molar-refractivity contribution in [3.8, 4) is 11.5 Å². The maximum absolute atomic E-state index is 12.5. The Hall–Kier alpha value is -1.97. The Morgan fingerprint density at radius 2 is 2.00 bits per heavy atom. The summed E-state index contributed by atoms with van der Waals surface area (Å²) >= 11 is 5.83. The van der Waals surface area contributed by atoms with Crippen molar-refractivity contribution < 1.29 is 17.6 Å². The van der Waals surface area contributed by atoms with Gasteiger partial charge in [0.15, 0.2) is 0 Å². The number of amides is 1. The van der Waals surface area contributed by atoms with Crippen LogP contribution in [0, 0.1) is 0 Å². The summed E-state index contributed by atoms with van der Waals surface area (Å²) in [6, 6.07) is 5.96. The number of piperidine rings is 1. The lowest BCUT2D eigenvalue weighted by molar-refractivity contribution is -0.120. The molecular weight excluding hydrogens is 368 g/mol. The van der Waals surface area contributed by atoms with Crippen LogP contribution < -0.4 is 5.32 Å². The van der Waals surface area contributed by atoms with Gasteiger partial charge in [-0.15, -0.1) is 5.10 Å². The molecule has 1 aliphatic heterocycles. The molecule has 0 saturated carbocycles. The van der Waals surface area contributed by atoms with E-state index in [1.807, 2.05) is 0 Å². The molecule has 1 saturated heterocycles. The normalized spacial score (nSPS) is 18.9. The fourth-order valence-corrected chi connectivity index (χ4v) is 3.99. The van der Waals surface area contributed by atoms with Gasteiger partial charge in [-0.25, -0.2) is 8.42 Å². The summed E-state index contributed by atoms with van der Waals surface area (Å²) in [6.07, 6.45) is 3.07. The fraction of sp³-hybridized carbons (Fsp3) is 0.400. The smallest absolute Gasteiger partial charge is 0.322 e. The molecule has 1 aliphatic rings. The quantitative estimate of drug-likeness (QED) is 0.865. The van der Waals surface area contributed by atoms with E-state index in [1.165, 1.54) is 4.31 Å². The second-order valence-electron chi connectivity index (χ2n) is 5.79. The molecule has 1 aromatic heterocycles. The minimum Gasteiger partial charge on any atom is -0.403 e. The second kappa shape index (κ2) is 7.11. The minimum absolute atomic E-state index is 0.0750. The molecular formula is C15H17ClN4O4S. The Balaban J connectivity index is 1.73. The summed E-state index contributed by atoms with van der Waals surface area (Å²) in [7, 11) is -3.46. The Kier molecular flexibility index (Phi) is 5.07. The average Bonchev–Trinajstić information content (AvgIpc) is 3.03. The number of rotatable bonds is 4. The van der Waals surface area contributed by atoms with Crippen molar-refractivity contribution in [3.05, 3.63) is 29.3 Å². The molecule has 134 valence electrons.